The molecule has 1 heterocycles. The SMILES string of the molecule is COC(CNC(=O)c1cnn(Cc2ccccc2)c1N)OC. The van der Waals surface area contributed by atoms with Gasteiger partial charge in [0.1, 0.15) is 11.4 Å². The zero-order chi connectivity index (χ0) is 15.9. The zero-order valence-electron chi connectivity index (χ0n) is 12.7. The molecular formula is C15H20N4O3. The Bertz CT molecular complexity index is 609. The normalized spacial score (nSPS) is 10.9. The van der Waals surface area contributed by atoms with Crippen LogP contribution in [0.15, 0.2) is 36.5 Å². The van der Waals surface area contributed by atoms with Crippen LogP contribution < -0.4 is 11.1 Å². The Morgan fingerprint density at radius 1 is 1.32 bits per heavy atom. The van der Waals surface area contributed by atoms with Crippen molar-refractivity contribution >= 4 is 11.7 Å². The number of rotatable bonds is 7. The van der Waals surface area contributed by atoms with E-state index in [4.69, 9.17) is 15.2 Å². The third-order valence-electron chi connectivity index (χ3n) is 3.26. The highest BCUT2D eigenvalue weighted by atomic mass is 16.7. The molecule has 1 amide bonds. The molecule has 0 spiro atoms. The van der Waals surface area contributed by atoms with E-state index < -0.39 is 6.29 Å². The maximum Gasteiger partial charge on any atom is 0.256 e. The zero-order valence-corrected chi connectivity index (χ0v) is 12.7. The van der Waals surface area contributed by atoms with Gasteiger partial charge in [-0.1, -0.05) is 30.3 Å². The van der Waals surface area contributed by atoms with Crippen molar-refractivity contribution in [2.75, 3.05) is 26.5 Å². The molecule has 0 aliphatic rings. The number of nitrogens with zero attached hydrogens (tertiary/aromatic N) is 2. The average Bonchev–Trinajstić information content (AvgIpc) is 2.90. The molecule has 0 saturated heterocycles. The van der Waals surface area contributed by atoms with Gasteiger partial charge in [-0.15, -0.1) is 0 Å². The summed E-state index contributed by atoms with van der Waals surface area (Å²) in [6, 6.07) is 9.78. The molecule has 2 aromatic rings. The van der Waals surface area contributed by atoms with Crippen LogP contribution in [0.25, 0.3) is 0 Å². The maximum atomic E-state index is 12.1. The predicted octanol–water partition coefficient (Wildman–Crippen LogP) is 0.862. The summed E-state index contributed by atoms with van der Waals surface area (Å²) in [4.78, 5) is 12.1. The molecule has 0 unspecified atom stereocenters. The molecule has 1 aromatic carbocycles. The second-order valence-corrected chi connectivity index (χ2v) is 4.70. The molecule has 22 heavy (non-hydrogen) atoms. The van der Waals surface area contributed by atoms with Gasteiger partial charge in [0.15, 0.2) is 6.29 Å². The van der Waals surface area contributed by atoms with Crippen molar-refractivity contribution in [3.63, 3.8) is 0 Å². The molecule has 0 saturated carbocycles. The predicted molar refractivity (Wildman–Crippen MR) is 82.3 cm³/mol. The van der Waals surface area contributed by atoms with E-state index in [1.165, 1.54) is 20.4 Å². The summed E-state index contributed by atoms with van der Waals surface area (Å²) in [6.45, 7) is 0.744. The van der Waals surface area contributed by atoms with E-state index in [1.807, 2.05) is 30.3 Å². The minimum absolute atomic E-state index is 0.231. The van der Waals surface area contributed by atoms with Crippen LogP contribution in [-0.4, -0.2) is 42.7 Å². The van der Waals surface area contributed by atoms with Crippen LogP contribution >= 0.6 is 0 Å². The number of amides is 1. The summed E-state index contributed by atoms with van der Waals surface area (Å²) in [5.74, 6) is 0.0173. The summed E-state index contributed by atoms with van der Waals surface area (Å²) in [5, 5.41) is 6.86. The van der Waals surface area contributed by atoms with Crippen LogP contribution in [0.3, 0.4) is 0 Å². The van der Waals surface area contributed by atoms with E-state index in [0.717, 1.165) is 5.56 Å². The quantitative estimate of drug-likeness (QED) is 0.740. The minimum Gasteiger partial charge on any atom is -0.383 e. The lowest BCUT2D eigenvalue weighted by molar-refractivity contribution is -0.0974. The lowest BCUT2D eigenvalue weighted by atomic mass is 10.2. The minimum atomic E-state index is -0.496. The van der Waals surface area contributed by atoms with Crippen LogP contribution in [0.1, 0.15) is 15.9 Å². The second-order valence-electron chi connectivity index (χ2n) is 4.70. The first-order valence-corrected chi connectivity index (χ1v) is 6.84. The largest absolute Gasteiger partial charge is 0.383 e. The van der Waals surface area contributed by atoms with Gasteiger partial charge in [-0.05, 0) is 5.56 Å². The van der Waals surface area contributed by atoms with Crippen LogP contribution in [0.2, 0.25) is 0 Å². The highest BCUT2D eigenvalue weighted by Gasteiger charge is 2.16. The molecule has 7 heteroatoms. The van der Waals surface area contributed by atoms with Gasteiger partial charge in [0.25, 0.3) is 5.91 Å². The molecule has 118 valence electrons. The number of nitrogen functional groups attached to an aromatic ring is 1. The standard InChI is InChI=1S/C15H20N4O3/c1-21-13(22-2)9-17-15(20)12-8-18-19(14(12)16)10-11-6-4-3-5-7-11/h3-8,13H,9-10,16H2,1-2H3,(H,17,20). The van der Waals surface area contributed by atoms with Crippen LogP contribution in [0, 0.1) is 0 Å². The summed E-state index contributed by atoms with van der Waals surface area (Å²) in [5.41, 5.74) is 7.39. The number of hydrogen-bond acceptors (Lipinski definition) is 5. The lowest BCUT2D eigenvalue weighted by Crippen LogP contribution is -2.34. The number of hydrogen-bond donors (Lipinski definition) is 2. The first-order valence-electron chi connectivity index (χ1n) is 6.84. The summed E-state index contributed by atoms with van der Waals surface area (Å²) < 4.78 is 11.6. The van der Waals surface area contributed by atoms with Crippen molar-refractivity contribution in [2.45, 2.75) is 12.8 Å². The third-order valence-corrected chi connectivity index (χ3v) is 3.26. The third kappa shape index (κ3) is 3.84. The monoisotopic (exact) mass is 304 g/mol. The molecule has 1 aromatic heterocycles. The number of anilines is 1. The van der Waals surface area contributed by atoms with Gasteiger partial charge in [-0.2, -0.15) is 5.10 Å². The van der Waals surface area contributed by atoms with Crippen molar-refractivity contribution in [3.05, 3.63) is 47.7 Å². The fourth-order valence-electron chi connectivity index (χ4n) is 1.99. The molecule has 2 rings (SSSR count). The van der Waals surface area contributed by atoms with Gasteiger partial charge in [-0.25, -0.2) is 4.68 Å². The Kier molecular flexibility index (Phi) is 5.51. The number of carbonyl (C=O) groups excluding carboxylic acids is 1. The molecule has 0 atom stereocenters. The van der Waals surface area contributed by atoms with Gasteiger partial charge in [-0.3, -0.25) is 4.79 Å². The number of carbonyl (C=O) groups is 1. The van der Waals surface area contributed by atoms with Crippen LogP contribution in [0.4, 0.5) is 5.82 Å². The molecule has 0 bridgehead atoms. The van der Waals surface area contributed by atoms with Gasteiger partial charge >= 0.3 is 0 Å². The van der Waals surface area contributed by atoms with Crippen molar-refractivity contribution in [2.24, 2.45) is 0 Å². The van der Waals surface area contributed by atoms with E-state index in [-0.39, 0.29) is 12.5 Å². The lowest BCUT2D eigenvalue weighted by Gasteiger charge is -2.13. The van der Waals surface area contributed by atoms with Crippen molar-refractivity contribution in [1.82, 2.24) is 15.1 Å². The summed E-state index contributed by atoms with van der Waals surface area (Å²) in [7, 11) is 3.01. The smallest absolute Gasteiger partial charge is 0.256 e. The average molecular weight is 304 g/mol. The van der Waals surface area contributed by atoms with Gasteiger partial charge in [0, 0.05) is 14.2 Å². The molecule has 7 nitrogen and oxygen atoms in total. The number of nitrogens with two attached hydrogens (primary N) is 1. The highest BCUT2D eigenvalue weighted by Crippen LogP contribution is 2.13. The Labute approximate surface area is 129 Å². The molecule has 0 radical (unpaired) electrons. The van der Waals surface area contributed by atoms with E-state index in [9.17, 15) is 4.79 Å². The van der Waals surface area contributed by atoms with E-state index in [0.29, 0.717) is 17.9 Å². The topological polar surface area (TPSA) is 91.4 Å². The highest BCUT2D eigenvalue weighted by molar-refractivity contribution is 5.98. The Hall–Kier alpha value is -2.38. The van der Waals surface area contributed by atoms with E-state index in [2.05, 4.69) is 10.4 Å². The molecule has 3 N–H and O–H groups in total. The number of benzene rings is 1. The van der Waals surface area contributed by atoms with Crippen molar-refractivity contribution in [1.29, 1.82) is 0 Å². The van der Waals surface area contributed by atoms with Crippen molar-refractivity contribution < 1.29 is 14.3 Å². The van der Waals surface area contributed by atoms with Crippen LogP contribution in [-0.2, 0) is 16.0 Å². The molecule has 0 fully saturated rings. The Morgan fingerprint density at radius 3 is 2.64 bits per heavy atom. The second kappa shape index (κ2) is 7.58. The van der Waals surface area contributed by atoms with Gasteiger partial charge < -0.3 is 20.5 Å². The Balaban J connectivity index is 2.02. The first-order chi connectivity index (χ1) is 10.7. The first kappa shape index (κ1) is 16.0. The molecule has 0 aliphatic heterocycles. The number of ether oxygens (including phenoxy) is 2. The number of nitrogens with one attached hydrogen (secondary N) is 1. The van der Waals surface area contributed by atoms with Gasteiger partial charge in [0.2, 0.25) is 0 Å². The maximum absolute atomic E-state index is 12.1. The van der Waals surface area contributed by atoms with Gasteiger partial charge in [0.05, 0.1) is 19.3 Å². The fraction of sp³-hybridized carbons (Fsp3) is 0.333. The molecule has 0 aliphatic carbocycles. The summed E-state index contributed by atoms with van der Waals surface area (Å²) >= 11 is 0. The number of methoxy groups -OCH3 is 2. The van der Waals surface area contributed by atoms with E-state index in [1.54, 1.807) is 4.68 Å². The Morgan fingerprint density at radius 2 is 2.00 bits per heavy atom. The van der Waals surface area contributed by atoms with E-state index >= 15 is 0 Å². The van der Waals surface area contributed by atoms with Crippen LogP contribution in [0.5, 0.6) is 0 Å². The summed E-state index contributed by atoms with van der Waals surface area (Å²) in [6.07, 6.45) is 0.965. The molecular weight excluding hydrogens is 284 g/mol. The van der Waals surface area contributed by atoms with Crippen molar-refractivity contribution in [3.8, 4) is 0 Å². The fourth-order valence-corrected chi connectivity index (χ4v) is 1.99. The number of aromatic nitrogens is 2.